The van der Waals surface area contributed by atoms with Crippen LogP contribution in [0.5, 0.6) is 0 Å². The van der Waals surface area contributed by atoms with Gasteiger partial charge in [-0.2, -0.15) is 0 Å². The van der Waals surface area contributed by atoms with Gasteiger partial charge >= 0.3 is 0 Å². The zero-order valence-corrected chi connectivity index (χ0v) is 10.9. The fourth-order valence-corrected chi connectivity index (χ4v) is 2.14. The monoisotopic (exact) mass is 302 g/mol. The van der Waals surface area contributed by atoms with Crippen LogP contribution in [0.2, 0.25) is 5.02 Å². The molecule has 0 atom stereocenters. The van der Waals surface area contributed by atoms with Crippen LogP contribution < -0.4 is 10.6 Å². The average molecular weight is 304 g/mol. The third-order valence-corrected chi connectivity index (χ3v) is 3.20. The molecule has 0 saturated heterocycles. The SMILES string of the molecule is O=C(CNc1ccc(Cl)cc1Br)NC1CC1. The van der Waals surface area contributed by atoms with Crippen LogP contribution in [0.4, 0.5) is 5.69 Å². The number of carbonyl (C=O) groups is 1. The van der Waals surface area contributed by atoms with Gasteiger partial charge in [-0.1, -0.05) is 11.6 Å². The van der Waals surface area contributed by atoms with E-state index < -0.39 is 0 Å². The lowest BCUT2D eigenvalue weighted by Gasteiger charge is -2.08. The van der Waals surface area contributed by atoms with E-state index in [4.69, 9.17) is 11.6 Å². The van der Waals surface area contributed by atoms with Crippen LogP contribution in [0.3, 0.4) is 0 Å². The molecule has 0 radical (unpaired) electrons. The minimum atomic E-state index is 0.0318. The molecule has 86 valence electrons. The Labute approximate surface area is 108 Å². The molecule has 1 aliphatic carbocycles. The molecular weight excluding hydrogens is 291 g/mol. The third kappa shape index (κ3) is 3.39. The molecule has 1 aromatic rings. The number of anilines is 1. The summed E-state index contributed by atoms with van der Waals surface area (Å²) in [6.45, 7) is 0.288. The topological polar surface area (TPSA) is 41.1 Å². The first-order chi connectivity index (χ1) is 7.65. The maximum absolute atomic E-state index is 11.4. The molecule has 0 heterocycles. The Hall–Kier alpha value is -0.740. The highest BCUT2D eigenvalue weighted by molar-refractivity contribution is 9.10. The van der Waals surface area contributed by atoms with E-state index in [0.717, 1.165) is 23.0 Å². The van der Waals surface area contributed by atoms with Crippen LogP contribution >= 0.6 is 27.5 Å². The minimum absolute atomic E-state index is 0.0318. The van der Waals surface area contributed by atoms with Crippen LogP contribution in [-0.4, -0.2) is 18.5 Å². The summed E-state index contributed by atoms with van der Waals surface area (Å²) in [4.78, 5) is 11.4. The molecular formula is C11H12BrClN2O. The smallest absolute Gasteiger partial charge is 0.239 e. The van der Waals surface area contributed by atoms with Crippen molar-refractivity contribution < 1.29 is 4.79 Å². The van der Waals surface area contributed by atoms with Crippen LogP contribution in [0.1, 0.15) is 12.8 Å². The van der Waals surface area contributed by atoms with Crippen molar-refractivity contribution in [3.63, 3.8) is 0 Å². The fourth-order valence-electron chi connectivity index (χ4n) is 1.31. The Morgan fingerprint density at radius 1 is 1.50 bits per heavy atom. The second-order valence-corrected chi connectivity index (χ2v) is 5.11. The number of rotatable bonds is 4. The molecule has 2 rings (SSSR count). The van der Waals surface area contributed by atoms with E-state index in [2.05, 4.69) is 26.6 Å². The van der Waals surface area contributed by atoms with E-state index in [1.165, 1.54) is 0 Å². The normalized spacial score (nSPS) is 14.6. The van der Waals surface area contributed by atoms with Gasteiger partial charge in [0.05, 0.1) is 6.54 Å². The zero-order chi connectivity index (χ0) is 11.5. The first-order valence-corrected chi connectivity index (χ1v) is 6.30. The molecule has 1 aliphatic rings. The molecule has 1 aromatic carbocycles. The largest absolute Gasteiger partial charge is 0.375 e. The number of amides is 1. The standard InChI is InChI=1S/C11H12BrClN2O/c12-9-5-7(13)1-4-10(9)14-6-11(16)15-8-2-3-8/h1,4-5,8,14H,2-3,6H2,(H,15,16). The molecule has 0 spiro atoms. The van der Waals surface area contributed by atoms with Crippen molar-refractivity contribution in [2.75, 3.05) is 11.9 Å². The molecule has 0 aliphatic heterocycles. The Bertz CT molecular complexity index is 407. The molecule has 0 bridgehead atoms. The van der Waals surface area contributed by atoms with Gasteiger partial charge in [-0.3, -0.25) is 4.79 Å². The molecule has 5 heteroatoms. The fraction of sp³-hybridized carbons (Fsp3) is 0.364. The lowest BCUT2D eigenvalue weighted by Crippen LogP contribution is -2.31. The van der Waals surface area contributed by atoms with Crippen molar-refractivity contribution in [2.24, 2.45) is 0 Å². The number of carbonyl (C=O) groups excluding carboxylic acids is 1. The number of benzene rings is 1. The summed E-state index contributed by atoms with van der Waals surface area (Å²) in [5, 5.41) is 6.63. The van der Waals surface area contributed by atoms with E-state index in [1.807, 2.05) is 6.07 Å². The lowest BCUT2D eigenvalue weighted by molar-refractivity contribution is -0.119. The van der Waals surface area contributed by atoms with Crippen LogP contribution in [0.15, 0.2) is 22.7 Å². The Morgan fingerprint density at radius 2 is 2.25 bits per heavy atom. The Kier molecular flexibility index (Phi) is 3.71. The molecule has 0 aromatic heterocycles. The number of halogens is 2. The van der Waals surface area contributed by atoms with Crippen LogP contribution in [0, 0.1) is 0 Å². The van der Waals surface area contributed by atoms with Gasteiger partial charge in [0.2, 0.25) is 5.91 Å². The first kappa shape index (κ1) is 11.7. The summed E-state index contributed by atoms with van der Waals surface area (Å²) in [7, 11) is 0. The molecule has 1 amide bonds. The van der Waals surface area contributed by atoms with E-state index >= 15 is 0 Å². The summed E-state index contributed by atoms with van der Waals surface area (Å²) in [6.07, 6.45) is 2.22. The van der Waals surface area contributed by atoms with E-state index in [-0.39, 0.29) is 12.5 Å². The minimum Gasteiger partial charge on any atom is -0.375 e. The van der Waals surface area contributed by atoms with Crippen molar-refractivity contribution >= 4 is 39.1 Å². The Balaban J connectivity index is 1.85. The van der Waals surface area contributed by atoms with Crippen molar-refractivity contribution in [1.29, 1.82) is 0 Å². The van der Waals surface area contributed by atoms with Gasteiger partial charge < -0.3 is 10.6 Å². The van der Waals surface area contributed by atoms with E-state index in [0.29, 0.717) is 11.1 Å². The highest BCUT2D eigenvalue weighted by Gasteiger charge is 2.22. The van der Waals surface area contributed by atoms with Gasteiger partial charge in [-0.25, -0.2) is 0 Å². The van der Waals surface area contributed by atoms with Gasteiger partial charge in [-0.15, -0.1) is 0 Å². The predicted octanol–water partition coefficient (Wildman–Crippen LogP) is 2.79. The summed E-state index contributed by atoms with van der Waals surface area (Å²) in [6, 6.07) is 5.83. The molecule has 0 unspecified atom stereocenters. The van der Waals surface area contributed by atoms with E-state index in [9.17, 15) is 4.79 Å². The molecule has 1 fully saturated rings. The van der Waals surface area contributed by atoms with E-state index in [1.54, 1.807) is 12.1 Å². The number of nitrogens with one attached hydrogen (secondary N) is 2. The van der Waals surface area contributed by atoms with Gasteiger partial charge in [0.25, 0.3) is 0 Å². The van der Waals surface area contributed by atoms with Crippen molar-refractivity contribution in [3.05, 3.63) is 27.7 Å². The summed E-state index contributed by atoms with van der Waals surface area (Å²) in [5.41, 5.74) is 0.871. The maximum Gasteiger partial charge on any atom is 0.239 e. The molecule has 1 saturated carbocycles. The Morgan fingerprint density at radius 3 is 2.88 bits per heavy atom. The van der Waals surface area contributed by atoms with Crippen molar-refractivity contribution in [2.45, 2.75) is 18.9 Å². The van der Waals surface area contributed by atoms with Crippen molar-refractivity contribution in [3.8, 4) is 0 Å². The van der Waals surface area contributed by atoms with Crippen LogP contribution in [-0.2, 0) is 4.79 Å². The molecule has 16 heavy (non-hydrogen) atoms. The highest BCUT2D eigenvalue weighted by Crippen LogP contribution is 2.25. The van der Waals surface area contributed by atoms with Gasteiger partial charge in [-0.05, 0) is 47.0 Å². The maximum atomic E-state index is 11.4. The third-order valence-electron chi connectivity index (χ3n) is 2.31. The van der Waals surface area contributed by atoms with Crippen molar-refractivity contribution in [1.82, 2.24) is 5.32 Å². The highest BCUT2D eigenvalue weighted by atomic mass is 79.9. The molecule has 3 nitrogen and oxygen atoms in total. The van der Waals surface area contributed by atoms with Gasteiger partial charge in [0.1, 0.15) is 0 Å². The number of hydrogen-bond donors (Lipinski definition) is 2. The molecule has 2 N–H and O–H groups in total. The van der Waals surface area contributed by atoms with Gasteiger partial charge in [0.15, 0.2) is 0 Å². The predicted molar refractivity (Wildman–Crippen MR) is 68.8 cm³/mol. The summed E-state index contributed by atoms with van der Waals surface area (Å²) >= 11 is 9.20. The lowest BCUT2D eigenvalue weighted by atomic mass is 10.3. The second kappa shape index (κ2) is 5.06. The summed E-state index contributed by atoms with van der Waals surface area (Å²) in [5.74, 6) is 0.0318. The van der Waals surface area contributed by atoms with Gasteiger partial charge in [0, 0.05) is 21.2 Å². The van der Waals surface area contributed by atoms with Crippen LogP contribution in [0.25, 0.3) is 0 Å². The quantitative estimate of drug-likeness (QED) is 0.898. The average Bonchev–Trinajstić information content (AvgIpc) is 3.00. The summed E-state index contributed by atoms with van der Waals surface area (Å²) < 4.78 is 0.860. The first-order valence-electron chi connectivity index (χ1n) is 5.13. The zero-order valence-electron chi connectivity index (χ0n) is 8.59. The second-order valence-electron chi connectivity index (χ2n) is 3.82. The number of hydrogen-bond acceptors (Lipinski definition) is 2.